The lowest BCUT2D eigenvalue weighted by molar-refractivity contribution is -0.138. The maximum absolute atomic E-state index is 12.7. The number of rotatable bonds is 5. The van der Waals surface area contributed by atoms with Crippen molar-refractivity contribution in [3.05, 3.63) is 29.8 Å². The maximum Gasteiger partial charge on any atom is 0.225 e. The normalized spacial score (nSPS) is 20.6. The summed E-state index contributed by atoms with van der Waals surface area (Å²) in [6.07, 6.45) is 4.34. The van der Waals surface area contributed by atoms with Crippen molar-refractivity contribution in [1.29, 1.82) is 0 Å². The van der Waals surface area contributed by atoms with Crippen molar-refractivity contribution in [2.24, 2.45) is 11.8 Å². The molecule has 2 heterocycles. The lowest BCUT2D eigenvalue weighted by Crippen LogP contribution is -2.45. The molecule has 0 N–H and O–H groups in total. The second kappa shape index (κ2) is 8.70. The van der Waals surface area contributed by atoms with Crippen LogP contribution in [-0.4, -0.2) is 48.5 Å². The van der Waals surface area contributed by atoms with Crippen LogP contribution >= 0.6 is 0 Å². The predicted octanol–water partition coefficient (Wildman–Crippen LogP) is 3.56. The van der Waals surface area contributed by atoms with Gasteiger partial charge in [0.05, 0.1) is 6.61 Å². The van der Waals surface area contributed by atoms with Gasteiger partial charge in [-0.25, -0.2) is 0 Å². The molecular weight excluding hydrogens is 312 g/mol. The molecule has 4 heteroatoms. The number of hydrogen-bond donors (Lipinski definition) is 0. The minimum Gasteiger partial charge on any atom is -0.494 e. The molecule has 2 fully saturated rings. The summed E-state index contributed by atoms with van der Waals surface area (Å²) in [4.78, 5) is 17.3. The van der Waals surface area contributed by atoms with Crippen LogP contribution < -0.4 is 4.74 Å². The van der Waals surface area contributed by atoms with Crippen LogP contribution in [0.5, 0.6) is 5.75 Å². The number of amides is 1. The quantitative estimate of drug-likeness (QED) is 0.819. The second-order valence-electron chi connectivity index (χ2n) is 7.64. The van der Waals surface area contributed by atoms with E-state index in [4.69, 9.17) is 4.74 Å². The van der Waals surface area contributed by atoms with Crippen LogP contribution in [0.4, 0.5) is 0 Å². The molecule has 2 aliphatic rings. The summed E-state index contributed by atoms with van der Waals surface area (Å²) >= 11 is 0. The van der Waals surface area contributed by atoms with Gasteiger partial charge in [0.25, 0.3) is 0 Å². The molecule has 0 aromatic heterocycles. The first-order valence-corrected chi connectivity index (χ1v) is 9.88. The Balaban J connectivity index is 1.44. The van der Waals surface area contributed by atoms with Crippen molar-refractivity contribution in [2.45, 2.75) is 46.1 Å². The molecule has 0 saturated carbocycles. The molecule has 0 bridgehead atoms. The average molecular weight is 344 g/mol. The van der Waals surface area contributed by atoms with Crippen LogP contribution in [0.3, 0.4) is 0 Å². The Morgan fingerprint density at radius 2 is 1.68 bits per heavy atom. The fourth-order valence-corrected chi connectivity index (χ4v) is 3.94. The standard InChI is InChI=1S/C21H32N2O2/c1-3-25-20-6-4-18(5-7-20)16-22-12-10-19(11-13-22)21(24)23-14-8-17(2)9-15-23/h4-7,17,19H,3,8-16H2,1-2H3. The third-order valence-electron chi connectivity index (χ3n) is 5.67. The summed E-state index contributed by atoms with van der Waals surface area (Å²) in [5.74, 6) is 2.36. The third kappa shape index (κ3) is 4.97. The number of ether oxygens (including phenoxy) is 1. The Hall–Kier alpha value is -1.55. The molecule has 1 aromatic rings. The Bertz CT molecular complexity index is 542. The molecule has 1 aromatic carbocycles. The molecule has 0 unspecified atom stereocenters. The van der Waals surface area contributed by atoms with E-state index in [1.807, 2.05) is 19.1 Å². The number of likely N-dealkylation sites (tertiary alicyclic amines) is 2. The van der Waals surface area contributed by atoms with Crippen molar-refractivity contribution in [3.8, 4) is 5.75 Å². The lowest BCUT2D eigenvalue weighted by Gasteiger charge is -2.36. The topological polar surface area (TPSA) is 32.8 Å². The molecule has 0 atom stereocenters. The SMILES string of the molecule is CCOc1ccc(CN2CCC(C(=O)N3CCC(C)CC3)CC2)cc1. The van der Waals surface area contributed by atoms with Crippen molar-refractivity contribution < 1.29 is 9.53 Å². The molecular formula is C21H32N2O2. The highest BCUT2D eigenvalue weighted by Gasteiger charge is 2.30. The summed E-state index contributed by atoms with van der Waals surface area (Å²) in [5.41, 5.74) is 1.32. The number of carbonyl (C=O) groups is 1. The fourth-order valence-electron chi connectivity index (χ4n) is 3.94. The van der Waals surface area contributed by atoms with Gasteiger partial charge in [-0.05, 0) is 69.3 Å². The first-order valence-electron chi connectivity index (χ1n) is 9.88. The van der Waals surface area contributed by atoms with E-state index < -0.39 is 0 Å². The van der Waals surface area contributed by atoms with Gasteiger partial charge in [-0.15, -0.1) is 0 Å². The molecule has 2 saturated heterocycles. The number of carbonyl (C=O) groups excluding carboxylic acids is 1. The van der Waals surface area contributed by atoms with Gasteiger partial charge in [0.2, 0.25) is 5.91 Å². The molecule has 0 radical (unpaired) electrons. The minimum absolute atomic E-state index is 0.241. The van der Waals surface area contributed by atoms with E-state index in [1.165, 1.54) is 18.4 Å². The van der Waals surface area contributed by atoms with Gasteiger partial charge in [-0.1, -0.05) is 19.1 Å². The van der Waals surface area contributed by atoms with E-state index in [2.05, 4.69) is 28.9 Å². The molecule has 4 nitrogen and oxygen atoms in total. The van der Waals surface area contributed by atoms with Crippen molar-refractivity contribution in [1.82, 2.24) is 9.80 Å². The summed E-state index contributed by atoms with van der Waals surface area (Å²) in [7, 11) is 0. The van der Waals surface area contributed by atoms with E-state index in [0.717, 1.165) is 57.2 Å². The number of hydrogen-bond acceptors (Lipinski definition) is 3. The van der Waals surface area contributed by atoms with Gasteiger partial charge in [-0.2, -0.15) is 0 Å². The van der Waals surface area contributed by atoms with Gasteiger partial charge in [0.15, 0.2) is 0 Å². The van der Waals surface area contributed by atoms with Crippen LogP contribution in [0.15, 0.2) is 24.3 Å². The summed E-state index contributed by atoms with van der Waals surface area (Å²) in [5, 5.41) is 0. The van der Waals surface area contributed by atoms with Crippen LogP contribution in [0, 0.1) is 11.8 Å². The second-order valence-corrected chi connectivity index (χ2v) is 7.64. The Kier molecular flexibility index (Phi) is 6.35. The molecule has 1 amide bonds. The van der Waals surface area contributed by atoms with Crippen molar-refractivity contribution in [2.75, 3.05) is 32.8 Å². The van der Waals surface area contributed by atoms with Gasteiger partial charge in [0.1, 0.15) is 5.75 Å². The van der Waals surface area contributed by atoms with Crippen LogP contribution in [0.25, 0.3) is 0 Å². The summed E-state index contributed by atoms with van der Waals surface area (Å²) in [6, 6.07) is 8.40. The highest BCUT2D eigenvalue weighted by atomic mass is 16.5. The first kappa shape index (κ1) is 18.2. The largest absolute Gasteiger partial charge is 0.494 e. The fraction of sp³-hybridized carbons (Fsp3) is 0.667. The monoisotopic (exact) mass is 344 g/mol. The van der Waals surface area contributed by atoms with Crippen molar-refractivity contribution in [3.63, 3.8) is 0 Å². The summed E-state index contributed by atoms with van der Waals surface area (Å²) in [6.45, 7) is 9.94. The van der Waals surface area contributed by atoms with Gasteiger partial charge < -0.3 is 9.64 Å². The number of benzene rings is 1. The highest BCUT2D eigenvalue weighted by Crippen LogP contribution is 2.24. The van der Waals surface area contributed by atoms with Crippen LogP contribution in [0.1, 0.15) is 45.1 Å². The number of piperidine rings is 2. The molecule has 0 aliphatic carbocycles. The Morgan fingerprint density at radius 3 is 2.28 bits per heavy atom. The first-order chi connectivity index (χ1) is 12.2. The van der Waals surface area contributed by atoms with Gasteiger partial charge in [0, 0.05) is 25.6 Å². The van der Waals surface area contributed by atoms with Crippen LogP contribution in [0.2, 0.25) is 0 Å². The zero-order chi connectivity index (χ0) is 17.6. The Morgan fingerprint density at radius 1 is 1.04 bits per heavy atom. The molecule has 138 valence electrons. The molecule has 25 heavy (non-hydrogen) atoms. The molecule has 2 aliphatic heterocycles. The number of nitrogens with zero attached hydrogens (tertiary/aromatic N) is 2. The molecule has 0 spiro atoms. The zero-order valence-electron chi connectivity index (χ0n) is 15.7. The van der Waals surface area contributed by atoms with E-state index in [9.17, 15) is 4.79 Å². The smallest absolute Gasteiger partial charge is 0.225 e. The zero-order valence-corrected chi connectivity index (χ0v) is 15.7. The third-order valence-corrected chi connectivity index (χ3v) is 5.67. The van der Waals surface area contributed by atoms with Gasteiger partial charge in [-0.3, -0.25) is 9.69 Å². The predicted molar refractivity (Wildman–Crippen MR) is 101 cm³/mol. The van der Waals surface area contributed by atoms with Gasteiger partial charge >= 0.3 is 0 Å². The minimum atomic E-state index is 0.241. The lowest BCUT2D eigenvalue weighted by atomic mass is 9.92. The maximum atomic E-state index is 12.7. The average Bonchev–Trinajstić information content (AvgIpc) is 2.64. The van der Waals surface area contributed by atoms with E-state index >= 15 is 0 Å². The molecule has 3 rings (SSSR count). The van der Waals surface area contributed by atoms with Crippen molar-refractivity contribution >= 4 is 5.91 Å². The van der Waals surface area contributed by atoms with E-state index in [1.54, 1.807) is 0 Å². The Labute approximate surface area is 152 Å². The van der Waals surface area contributed by atoms with E-state index in [0.29, 0.717) is 12.5 Å². The van der Waals surface area contributed by atoms with E-state index in [-0.39, 0.29) is 5.92 Å². The summed E-state index contributed by atoms with van der Waals surface area (Å²) < 4.78 is 5.50. The van der Waals surface area contributed by atoms with Crippen LogP contribution in [-0.2, 0) is 11.3 Å². The highest BCUT2D eigenvalue weighted by molar-refractivity contribution is 5.79.